The number of halogens is 1. The Hall–Kier alpha value is -3.82. The Balaban J connectivity index is 1.47. The molecule has 166 valence electrons. The van der Waals surface area contributed by atoms with E-state index in [2.05, 4.69) is 20.8 Å². The molecule has 2 N–H and O–H groups in total. The number of benzene rings is 2. The van der Waals surface area contributed by atoms with Gasteiger partial charge < -0.3 is 15.0 Å². The fourth-order valence-electron chi connectivity index (χ4n) is 4.13. The summed E-state index contributed by atoms with van der Waals surface area (Å²) in [6.07, 6.45) is 2.58. The molecule has 2 aromatic heterocycles. The van der Waals surface area contributed by atoms with E-state index >= 15 is 0 Å². The number of aliphatic hydroxyl groups excluding tert-OH is 1. The zero-order valence-electron chi connectivity index (χ0n) is 17.3. The first-order valence-electron chi connectivity index (χ1n) is 10.3. The van der Waals surface area contributed by atoms with Crippen LogP contribution >= 0.6 is 11.6 Å². The van der Waals surface area contributed by atoms with Crippen LogP contribution in [0.4, 0.5) is 5.69 Å². The Labute approximate surface area is 193 Å². The van der Waals surface area contributed by atoms with Gasteiger partial charge in [0.1, 0.15) is 12.4 Å². The number of nitrogens with zero attached hydrogens (tertiary/aromatic N) is 5. The van der Waals surface area contributed by atoms with Crippen LogP contribution in [0.1, 0.15) is 23.7 Å². The van der Waals surface area contributed by atoms with Crippen LogP contribution in [0.5, 0.6) is 0 Å². The van der Waals surface area contributed by atoms with Crippen LogP contribution in [0.3, 0.4) is 0 Å². The van der Waals surface area contributed by atoms with E-state index in [-0.39, 0.29) is 18.1 Å². The quantitative estimate of drug-likeness (QED) is 0.471. The van der Waals surface area contributed by atoms with Crippen molar-refractivity contribution in [2.75, 3.05) is 5.32 Å². The minimum absolute atomic E-state index is 0.0658. The molecule has 1 unspecified atom stereocenters. The van der Waals surface area contributed by atoms with Crippen LogP contribution in [0.25, 0.3) is 16.8 Å². The largest absolute Gasteiger partial charge is 0.392 e. The molecule has 0 radical (unpaired) electrons. The number of aryl methyl sites for hydroxylation is 1. The molecule has 0 saturated heterocycles. The first-order valence-corrected chi connectivity index (χ1v) is 10.7. The molecule has 0 bridgehead atoms. The summed E-state index contributed by atoms with van der Waals surface area (Å²) >= 11 is 6.23. The summed E-state index contributed by atoms with van der Waals surface area (Å²) in [5.41, 5.74) is 3.96. The Kier molecular flexibility index (Phi) is 5.49. The Morgan fingerprint density at radius 3 is 2.70 bits per heavy atom. The van der Waals surface area contributed by atoms with Gasteiger partial charge in [0.2, 0.25) is 5.91 Å². The van der Waals surface area contributed by atoms with Crippen LogP contribution in [0.2, 0.25) is 5.02 Å². The number of tetrazole rings is 1. The second kappa shape index (κ2) is 8.61. The molecule has 1 aliphatic heterocycles. The third-order valence-electron chi connectivity index (χ3n) is 5.71. The van der Waals surface area contributed by atoms with Crippen molar-refractivity contribution in [2.24, 2.45) is 0 Å². The predicted molar refractivity (Wildman–Crippen MR) is 122 cm³/mol. The maximum absolute atomic E-state index is 13.1. The third kappa shape index (κ3) is 4.04. The SMILES string of the molecule is O=C(Nc1ccc(CO)cc1)C1CCc2cc(-c3cc(Cl)ccc3-n3cnnn3)cc(=O)n21. The number of aromatic nitrogens is 5. The van der Waals surface area contributed by atoms with Gasteiger partial charge in [-0.3, -0.25) is 9.59 Å². The molecule has 10 heteroatoms. The number of nitrogens with one attached hydrogen (secondary N) is 1. The van der Waals surface area contributed by atoms with Gasteiger partial charge in [-0.2, -0.15) is 4.68 Å². The van der Waals surface area contributed by atoms with Gasteiger partial charge in [-0.15, -0.1) is 5.10 Å². The topological polar surface area (TPSA) is 115 Å². The summed E-state index contributed by atoms with van der Waals surface area (Å²) in [6, 6.07) is 15.0. The monoisotopic (exact) mass is 462 g/mol. The van der Waals surface area contributed by atoms with Crippen molar-refractivity contribution < 1.29 is 9.90 Å². The van der Waals surface area contributed by atoms with Crippen LogP contribution in [-0.2, 0) is 17.8 Å². The molecule has 1 aliphatic rings. The molecular weight excluding hydrogens is 444 g/mol. The molecule has 0 spiro atoms. The number of hydrogen-bond acceptors (Lipinski definition) is 6. The van der Waals surface area contributed by atoms with Gasteiger partial charge in [-0.05, 0) is 70.8 Å². The maximum atomic E-state index is 13.1. The van der Waals surface area contributed by atoms with Crippen LogP contribution in [0.15, 0.2) is 65.7 Å². The van der Waals surface area contributed by atoms with Gasteiger partial charge in [0.15, 0.2) is 0 Å². The molecule has 0 aliphatic carbocycles. The van der Waals surface area contributed by atoms with E-state index < -0.39 is 6.04 Å². The molecule has 2 aromatic carbocycles. The van der Waals surface area contributed by atoms with Crippen LogP contribution < -0.4 is 10.9 Å². The van der Waals surface area contributed by atoms with Gasteiger partial charge in [0, 0.05) is 28.0 Å². The number of anilines is 1. The summed E-state index contributed by atoms with van der Waals surface area (Å²) in [4.78, 5) is 26.0. The molecule has 5 rings (SSSR count). The molecule has 1 amide bonds. The lowest BCUT2D eigenvalue weighted by Crippen LogP contribution is -2.31. The Morgan fingerprint density at radius 1 is 1.15 bits per heavy atom. The minimum Gasteiger partial charge on any atom is -0.392 e. The second-order valence-electron chi connectivity index (χ2n) is 7.76. The van der Waals surface area contributed by atoms with Crippen LogP contribution in [0, 0.1) is 0 Å². The molecule has 9 nitrogen and oxygen atoms in total. The molecule has 0 fully saturated rings. The maximum Gasteiger partial charge on any atom is 0.252 e. The van der Waals surface area contributed by atoms with Crippen molar-refractivity contribution in [3.63, 3.8) is 0 Å². The number of fused-ring (bicyclic) bond motifs is 1. The summed E-state index contributed by atoms with van der Waals surface area (Å²) in [5, 5.41) is 23.9. The van der Waals surface area contributed by atoms with Gasteiger partial charge >= 0.3 is 0 Å². The lowest BCUT2D eigenvalue weighted by atomic mass is 10.0. The van der Waals surface area contributed by atoms with E-state index in [4.69, 9.17) is 16.7 Å². The highest BCUT2D eigenvalue weighted by Gasteiger charge is 2.30. The van der Waals surface area contributed by atoms with E-state index in [1.807, 2.05) is 6.07 Å². The van der Waals surface area contributed by atoms with Crippen molar-refractivity contribution >= 4 is 23.2 Å². The van der Waals surface area contributed by atoms with Crippen molar-refractivity contribution in [1.29, 1.82) is 0 Å². The van der Waals surface area contributed by atoms with Gasteiger partial charge in [0.25, 0.3) is 5.56 Å². The van der Waals surface area contributed by atoms with Gasteiger partial charge in [-0.25, -0.2) is 0 Å². The van der Waals surface area contributed by atoms with Crippen molar-refractivity contribution in [3.05, 3.63) is 87.6 Å². The van der Waals surface area contributed by atoms with E-state index in [1.54, 1.807) is 47.0 Å². The zero-order valence-corrected chi connectivity index (χ0v) is 18.1. The van der Waals surface area contributed by atoms with Crippen molar-refractivity contribution in [3.8, 4) is 16.8 Å². The summed E-state index contributed by atoms with van der Waals surface area (Å²) < 4.78 is 3.05. The highest BCUT2D eigenvalue weighted by molar-refractivity contribution is 6.31. The molecule has 4 aromatic rings. The number of amides is 1. The summed E-state index contributed by atoms with van der Waals surface area (Å²) in [7, 11) is 0. The van der Waals surface area contributed by atoms with E-state index in [1.165, 1.54) is 17.1 Å². The first-order chi connectivity index (χ1) is 16.0. The first kappa shape index (κ1) is 21.0. The van der Waals surface area contributed by atoms with E-state index in [9.17, 15) is 9.59 Å². The lowest BCUT2D eigenvalue weighted by molar-refractivity contribution is -0.119. The van der Waals surface area contributed by atoms with Crippen molar-refractivity contribution in [2.45, 2.75) is 25.5 Å². The standard InChI is InChI=1S/C23H19ClN6O3/c24-16-3-7-20(29-13-25-27-28-29)19(11-16)15-9-18-6-8-21(30(18)22(32)10-15)23(33)26-17-4-1-14(12-31)2-5-17/h1-5,7,9-11,13,21,31H,6,8,12H2,(H,26,33). The highest BCUT2D eigenvalue weighted by Crippen LogP contribution is 2.32. The average Bonchev–Trinajstić information content (AvgIpc) is 3.50. The molecule has 1 atom stereocenters. The summed E-state index contributed by atoms with van der Waals surface area (Å²) in [6.45, 7) is -0.0658. The predicted octanol–water partition coefficient (Wildman–Crippen LogP) is 2.76. The summed E-state index contributed by atoms with van der Waals surface area (Å²) in [5.74, 6) is -0.252. The fourth-order valence-corrected chi connectivity index (χ4v) is 4.30. The number of carbonyl (C=O) groups is 1. The Bertz CT molecular complexity index is 1380. The number of hydrogen-bond donors (Lipinski definition) is 2. The average molecular weight is 463 g/mol. The van der Waals surface area contributed by atoms with Gasteiger partial charge in [0.05, 0.1) is 12.3 Å². The second-order valence-corrected chi connectivity index (χ2v) is 8.19. The Morgan fingerprint density at radius 2 is 1.97 bits per heavy atom. The van der Waals surface area contributed by atoms with Crippen molar-refractivity contribution in [1.82, 2.24) is 24.8 Å². The van der Waals surface area contributed by atoms with E-state index in [0.29, 0.717) is 40.4 Å². The molecular formula is C23H19ClN6O3. The minimum atomic E-state index is -0.600. The third-order valence-corrected chi connectivity index (χ3v) is 5.94. The molecule has 3 heterocycles. The van der Waals surface area contributed by atoms with E-state index in [0.717, 1.165) is 11.3 Å². The number of pyridine rings is 1. The zero-order chi connectivity index (χ0) is 22.9. The normalized spacial score (nSPS) is 14.8. The van der Waals surface area contributed by atoms with Crippen LogP contribution in [-0.4, -0.2) is 35.8 Å². The number of aliphatic hydroxyl groups is 1. The number of rotatable bonds is 5. The van der Waals surface area contributed by atoms with Gasteiger partial charge in [-0.1, -0.05) is 23.7 Å². The highest BCUT2D eigenvalue weighted by atomic mass is 35.5. The number of carbonyl (C=O) groups excluding carboxylic acids is 1. The smallest absolute Gasteiger partial charge is 0.252 e. The lowest BCUT2D eigenvalue weighted by Gasteiger charge is -2.16. The fraction of sp³-hybridized carbons (Fsp3) is 0.174. The molecule has 0 saturated carbocycles. The molecule has 33 heavy (non-hydrogen) atoms.